The Kier molecular flexibility index (Phi) is 6.33. The minimum atomic E-state index is -0.724. The fourth-order valence-corrected chi connectivity index (χ4v) is 3.78. The van der Waals surface area contributed by atoms with E-state index in [9.17, 15) is 9.59 Å². The monoisotopic (exact) mass is 445 g/mol. The number of hydrogen-bond acceptors (Lipinski definition) is 4. The molecule has 0 unspecified atom stereocenters. The Morgan fingerprint density at radius 1 is 0.938 bits per heavy atom. The zero-order chi connectivity index (χ0) is 22.5. The Morgan fingerprint density at radius 3 is 2.22 bits per heavy atom. The van der Waals surface area contributed by atoms with Crippen molar-refractivity contribution < 1.29 is 14.3 Å². The second-order valence-corrected chi connectivity index (χ2v) is 7.18. The van der Waals surface area contributed by atoms with E-state index in [1.807, 2.05) is 60.7 Å². The molecule has 0 spiro atoms. The van der Waals surface area contributed by atoms with E-state index in [2.05, 4.69) is 5.43 Å². The minimum absolute atomic E-state index is 0.0639. The highest BCUT2D eigenvalue weighted by Crippen LogP contribution is 2.31. The number of anilines is 1. The molecule has 0 radical (unpaired) electrons. The number of hydrogen-bond donors (Lipinski definition) is 1. The molecule has 0 bridgehead atoms. The molecule has 1 N–H and O–H groups in total. The van der Waals surface area contributed by atoms with Crippen LogP contribution in [0.1, 0.15) is 15.9 Å². The Bertz CT molecular complexity index is 1260. The van der Waals surface area contributed by atoms with Crippen LogP contribution in [0.3, 0.4) is 0 Å². The number of methoxy groups -OCH3 is 1. The molecule has 0 aliphatic carbocycles. The van der Waals surface area contributed by atoms with Gasteiger partial charge in [0.25, 0.3) is 5.91 Å². The lowest BCUT2D eigenvalue weighted by Gasteiger charge is -2.23. The van der Waals surface area contributed by atoms with E-state index in [0.717, 1.165) is 10.6 Å². The highest BCUT2D eigenvalue weighted by molar-refractivity contribution is 6.20. The molecule has 4 rings (SSSR count). The normalized spacial score (nSPS) is 10.6. The number of hydrazine groups is 1. The van der Waals surface area contributed by atoms with E-state index in [-0.39, 0.29) is 5.88 Å². The molecule has 0 saturated carbocycles. The lowest BCUT2D eigenvalue weighted by atomic mass is 9.97. The van der Waals surface area contributed by atoms with Crippen molar-refractivity contribution in [1.29, 1.82) is 0 Å². The number of aromatic nitrogens is 1. The SMILES string of the molecule is COC(=O)N(NC(=O)c1c(CCl)c(-c2ccccc2)nc2ccccc12)c1ccccc1. The van der Waals surface area contributed by atoms with Gasteiger partial charge >= 0.3 is 6.09 Å². The smallest absolute Gasteiger partial charge is 0.433 e. The second-order valence-electron chi connectivity index (χ2n) is 6.91. The van der Waals surface area contributed by atoms with E-state index < -0.39 is 12.0 Å². The maximum atomic E-state index is 13.6. The summed E-state index contributed by atoms with van der Waals surface area (Å²) >= 11 is 6.35. The summed E-state index contributed by atoms with van der Waals surface area (Å²) in [6.45, 7) is 0. The standard InChI is InChI=1S/C25H20ClN3O3/c1-32-25(31)29(18-12-6-3-7-13-18)28-24(30)22-19-14-8-9-15-21(19)27-23(20(22)16-26)17-10-4-2-5-11-17/h2-15H,16H2,1H3,(H,28,30). The number of amides is 2. The summed E-state index contributed by atoms with van der Waals surface area (Å²) in [5.41, 5.74) is 6.18. The number of carbonyl (C=O) groups excluding carboxylic acids is 2. The second kappa shape index (κ2) is 9.49. The fraction of sp³-hybridized carbons (Fsp3) is 0.0800. The van der Waals surface area contributed by atoms with Crippen LogP contribution in [0.4, 0.5) is 10.5 Å². The third-order valence-corrected chi connectivity index (χ3v) is 5.25. The van der Waals surface area contributed by atoms with Crippen molar-refractivity contribution >= 4 is 40.2 Å². The molecule has 0 saturated heterocycles. The van der Waals surface area contributed by atoms with Gasteiger partial charge in [0.05, 0.1) is 35.5 Å². The maximum Gasteiger partial charge on any atom is 0.433 e. The molecule has 0 fully saturated rings. The lowest BCUT2D eigenvalue weighted by molar-refractivity contribution is 0.0942. The van der Waals surface area contributed by atoms with Gasteiger partial charge in [-0.2, -0.15) is 5.01 Å². The number of para-hydroxylation sites is 2. The highest BCUT2D eigenvalue weighted by atomic mass is 35.5. The van der Waals surface area contributed by atoms with Crippen molar-refractivity contribution in [3.8, 4) is 11.3 Å². The summed E-state index contributed by atoms with van der Waals surface area (Å²) in [4.78, 5) is 30.8. The van der Waals surface area contributed by atoms with Crippen molar-refractivity contribution in [2.75, 3.05) is 12.1 Å². The number of pyridine rings is 1. The van der Waals surface area contributed by atoms with E-state index in [0.29, 0.717) is 33.4 Å². The molecule has 32 heavy (non-hydrogen) atoms. The Hall–Kier alpha value is -3.90. The fourth-order valence-electron chi connectivity index (χ4n) is 3.52. The number of benzene rings is 3. The summed E-state index contributed by atoms with van der Waals surface area (Å²) in [5.74, 6) is -0.431. The molecule has 2 amide bonds. The van der Waals surface area contributed by atoms with Gasteiger partial charge in [-0.1, -0.05) is 66.7 Å². The molecule has 1 heterocycles. The van der Waals surface area contributed by atoms with Crippen LogP contribution >= 0.6 is 11.6 Å². The van der Waals surface area contributed by atoms with Gasteiger partial charge in [0, 0.05) is 16.5 Å². The van der Waals surface area contributed by atoms with Crippen LogP contribution in [0.2, 0.25) is 0 Å². The Morgan fingerprint density at radius 2 is 1.56 bits per heavy atom. The van der Waals surface area contributed by atoms with E-state index in [4.69, 9.17) is 21.3 Å². The van der Waals surface area contributed by atoms with Gasteiger partial charge in [-0.25, -0.2) is 9.78 Å². The number of nitrogens with one attached hydrogen (secondary N) is 1. The average Bonchev–Trinajstić information content (AvgIpc) is 2.86. The molecular formula is C25H20ClN3O3. The molecule has 6 nitrogen and oxygen atoms in total. The summed E-state index contributed by atoms with van der Waals surface area (Å²) in [6, 6.07) is 25.6. The predicted molar refractivity (Wildman–Crippen MR) is 126 cm³/mol. The lowest BCUT2D eigenvalue weighted by Crippen LogP contribution is -2.46. The van der Waals surface area contributed by atoms with Crippen molar-refractivity contribution in [2.24, 2.45) is 0 Å². The number of fused-ring (bicyclic) bond motifs is 1. The van der Waals surface area contributed by atoms with Gasteiger partial charge in [0.1, 0.15) is 0 Å². The minimum Gasteiger partial charge on any atom is -0.451 e. The molecule has 1 aromatic heterocycles. The number of halogens is 1. The Balaban J connectivity index is 1.87. The van der Waals surface area contributed by atoms with E-state index >= 15 is 0 Å². The zero-order valence-corrected chi connectivity index (χ0v) is 18.0. The first-order valence-electron chi connectivity index (χ1n) is 9.91. The van der Waals surface area contributed by atoms with Gasteiger partial charge in [-0.15, -0.1) is 11.6 Å². The quantitative estimate of drug-likeness (QED) is 0.330. The van der Waals surface area contributed by atoms with Crippen molar-refractivity contribution in [1.82, 2.24) is 10.4 Å². The predicted octanol–water partition coefficient (Wildman–Crippen LogP) is 5.56. The molecule has 0 aliphatic heterocycles. The van der Waals surface area contributed by atoms with E-state index in [1.54, 1.807) is 24.3 Å². The third kappa shape index (κ3) is 4.13. The third-order valence-electron chi connectivity index (χ3n) is 4.99. The van der Waals surface area contributed by atoms with Gasteiger partial charge in [-0.05, 0) is 18.2 Å². The Labute approximate surface area is 190 Å². The molecule has 7 heteroatoms. The number of ether oxygens (including phenoxy) is 1. The molecule has 3 aromatic carbocycles. The van der Waals surface area contributed by atoms with Crippen LogP contribution in [0.5, 0.6) is 0 Å². The maximum absolute atomic E-state index is 13.6. The summed E-state index contributed by atoms with van der Waals surface area (Å²) in [5, 5.41) is 1.70. The van der Waals surface area contributed by atoms with Crippen LogP contribution in [0, 0.1) is 0 Å². The number of alkyl halides is 1. The number of nitrogens with zero attached hydrogens (tertiary/aromatic N) is 2. The largest absolute Gasteiger partial charge is 0.451 e. The van der Waals surface area contributed by atoms with Crippen molar-refractivity contribution in [2.45, 2.75) is 5.88 Å². The topological polar surface area (TPSA) is 71.5 Å². The van der Waals surface area contributed by atoms with Crippen molar-refractivity contribution in [3.05, 3.63) is 96.1 Å². The van der Waals surface area contributed by atoms with Crippen LogP contribution in [0.25, 0.3) is 22.2 Å². The first-order chi connectivity index (χ1) is 15.6. The van der Waals surface area contributed by atoms with Crippen LogP contribution in [-0.2, 0) is 10.6 Å². The van der Waals surface area contributed by atoms with Crippen molar-refractivity contribution in [3.63, 3.8) is 0 Å². The molecule has 4 aromatic rings. The molecule has 0 atom stereocenters. The number of rotatable bonds is 4. The van der Waals surface area contributed by atoms with Crippen LogP contribution in [0.15, 0.2) is 84.9 Å². The highest BCUT2D eigenvalue weighted by Gasteiger charge is 2.25. The summed E-state index contributed by atoms with van der Waals surface area (Å²) in [6.07, 6.45) is -0.724. The molecule has 160 valence electrons. The number of carbonyl (C=O) groups is 2. The zero-order valence-electron chi connectivity index (χ0n) is 17.3. The summed E-state index contributed by atoms with van der Waals surface area (Å²) in [7, 11) is 1.25. The summed E-state index contributed by atoms with van der Waals surface area (Å²) < 4.78 is 4.87. The van der Waals surface area contributed by atoms with Gasteiger partial charge < -0.3 is 4.74 Å². The van der Waals surface area contributed by atoms with Gasteiger partial charge in [0.2, 0.25) is 0 Å². The van der Waals surface area contributed by atoms with Gasteiger partial charge in [-0.3, -0.25) is 10.2 Å². The first kappa shape index (κ1) is 21.3. The first-order valence-corrected chi connectivity index (χ1v) is 10.4. The average molecular weight is 446 g/mol. The van der Waals surface area contributed by atoms with Crippen LogP contribution < -0.4 is 10.4 Å². The van der Waals surface area contributed by atoms with Crippen LogP contribution in [-0.4, -0.2) is 24.1 Å². The molecular weight excluding hydrogens is 426 g/mol. The van der Waals surface area contributed by atoms with Gasteiger partial charge in [0.15, 0.2) is 0 Å². The van der Waals surface area contributed by atoms with E-state index in [1.165, 1.54) is 7.11 Å². The molecule has 0 aliphatic rings.